The Kier molecular flexibility index (Phi) is 6.39. The van der Waals surface area contributed by atoms with Crippen molar-refractivity contribution >= 4 is 11.8 Å². The van der Waals surface area contributed by atoms with Crippen molar-refractivity contribution in [2.24, 2.45) is 10.8 Å². The molecule has 0 bridgehead atoms. The molecule has 0 N–H and O–H groups in total. The molecule has 1 unspecified atom stereocenters. The normalized spacial score (nSPS) is 24.5. The van der Waals surface area contributed by atoms with Gasteiger partial charge >= 0.3 is 0 Å². The molecule has 1 aliphatic heterocycles. The van der Waals surface area contributed by atoms with E-state index in [2.05, 4.69) is 13.8 Å². The number of hydrogen-bond donors (Lipinski definition) is 0. The van der Waals surface area contributed by atoms with Crippen LogP contribution in [0.5, 0.6) is 0 Å². The van der Waals surface area contributed by atoms with Gasteiger partial charge in [-0.3, -0.25) is 19.4 Å². The van der Waals surface area contributed by atoms with Crippen molar-refractivity contribution in [2.45, 2.75) is 85.2 Å². The fourth-order valence-corrected chi connectivity index (χ4v) is 4.02. The third-order valence-electron chi connectivity index (χ3n) is 5.87. The summed E-state index contributed by atoms with van der Waals surface area (Å²) < 4.78 is 0. The fourth-order valence-electron chi connectivity index (χ4n) is 4.02. The van der Waals surface area contributed by atoms with Gasteiger partial charge in [0.15, 0.2) is 0 Å². The highest BCUT2D eigenvalue weighted by Crippen LogP contribution is 2.39. The fraction of sp³-hybridized carbons (Fsp3) is 0.900. The first-order valence-corrected chi connectivity index (χ1v) is 9.90. The first-order chi connectivity index (χ1) is 12.0. The van der Waals surface area contributed by atoms with Gasteiger partial charge in [0.05, 0.1) is 7.11 Å². The smallest absolute Gasteiger partial charge is 0.265 e. The van der Waals surface area contributed by atoms with E-state index in [1.165, 1.54) is 12.2 Å². The number of amides is 2. The zero-order chi connectivity index (χ0) is 19.7. The molecule has 2 aliphatic rings. The minimum atomic E-state index is -0.476. The molecule has 1 saturated heterocycles. The molecule has 1 saturated carbocycles. The molecular formula is C20H37N3O3. The second kappa shape index (κ2) is 7.85. The molecule has 2 fully saturated rings. The van der Waals surface area contributed by atoms with Gasteiger partial charge in [0, 0.05) is 25.0 Å². The van der Waals surface area contributed by atoms with Gasteiger partial charge in [-0.25, -0.2) is 10.1 Å². The van der Waals surface area contributed by atoms with Crippen molar-refractivity contribution in [3.63, 3.8) is 0 Å². The number of nitrogens with zero attached hydrogens (tertiary/aromatic N) is 3. The largest absolute Gasteiger partial charge is 0.275 e. The van der Waals surface area contributed by atoms with E-state index in [4.69, 9.17) is 4.84 Å². The van der Waals surface area contributed by atoms with Crippen LogP contribution in [-0.4, -0.2) is 59.7 Å². The van der Waals surface area contributed by atoms with E-state index in [0.29, 0.717) is 5.41 Å². The predicted octanol–water partition coefficient (Wildman–Crippen LogP) is 3.23. The molecule has 0 aromatic rings. The van der Waals surface area contributed by atoms with Crippen LogP contribution in [0.1, 0.15) is 73.1 Å². The van der Waals surface area contributed by atoms with Crippen LogP contribution in [0.4, 0.5) is 0 Å². The summed E-state index contributed by atoms with van der Waals surface area (Å²) in [7, 11) is 3.14. The molecule has 26 heavy (non-hydrogen) atoms. The third kappa shape index (κ3) is 4.58. The Bertz CT molecular complexity index is 517. The molecule has 0 aromatic carbocycles. The standard InChI is InChI=1S/C20H37N3O3/c1-19(2,3)18(25)23(15-10-12-20(4,5)13-11-15)22-14-8-9-16(22)17(24)21(6)26-7/h15-16H,8-14H2,1-7H3. The van der Waals surface area contributed by atoms with Gasteiger partial charge in [0.2, 0.25) is 5.91 Å². The number of rotatable bonds is 4. The third-order valence-corrected chi connectivity index (χ3v) is 5.87. The van der Waals surface area contributed by atoms with E-state index in [1.54, 1.807) is 7.05 Å². The van der Waals surface area contributed by atoms with E-state index in [1.807, 2.05) is 30.8 Å². The Labute approximate surface area is 158 Å². The number of hydroxylamine groups is 2. The SMILES string of the molecule is CON(C)C(=O)C1CCCN1N(C(=O)C(C)(C)C)C1CCC(C)(C)CC1. The highest BCUT2D eigenvalue weighted by atomic mass is 16.7. The monoisotopic (exact) mass is 367 g/mol. The van der Waals surface area contributed by atoms with Crippen LogP contribution in [0.15, 0.2) is 0 Å². The van der Waals surface area contributed by atoms with E-state index >= 15 is 0 Å². The Balaban J connectivity index is 2.28. The summed E-state index contributed by atoms with van der Waals surface area (Å²) in [6, 6.07) is -0.141. The Hall–Kier alpha value is -1.14. The molecule has 2 rings (SSSR count). The lowest BCUT2D eigenvalue weighted by Crippen LogP contribution is -2.60. The van der Waals surface area contributed by atoms with Gasteiger partial charge in [0.25, 0.3) is 5.91 Å². The maximum atomic E-state index is 13.3. The molecular weight excluding hydrogens is 330 g/mol. The highest BCUT2D eigenvalue weighted by Gasteiger charge is 2.44. The van der Waals surface area contributed by atoms with Gasteiger partial charge in [0.1, 0.15) is 6.04 Å². The number of carbonyl (C=O) groups excluding carboxylic acids is 2. The van der Waals surface area contributed by atoms with Crippen molar-refractivity contribution in [3.05, 3.63) is 0 Å². The second-order valence-corrected chi connectivity index (χ2v) is 9.63. The molecule has 1 heterocycles. The zero-order valence-corrected chi connectivity index (χ0v) is 17.7. The summed E-state index contributed by atoms with van der Waals surface area (Å²) >= 11 is 0. The maximum absolute atomic E-state index is 13.3. The first kappa shape index (κ1) is 21.2. The Morgan fingerprint density at radius 1 is 1.12 bits per heavy atom. The maximum Gasteiger partial charge on any atom is 0.265 e. The quantitative estimate of drug-likeness (QED) is 0.716. The van der Waals surface area contributed by atoms with Crippen LogP contribution in [0.25, 0.3) is 0 Å². The van der Waals surface area contributed by atoms with E-state index in [0.717, 1.165) is 45.1 Å². The average Bonchev–Trinajstić information content (AvgIpc) is 3.03. The van der Waals surface area contributed by atoms with Crippen molar-refractivity contribution in [3.8, 4) is 0 Å². The minimum Gasteiger partial charge on any atom is -0.275 e. The lowest BCUT2D eigenvalue weighted by atomic mass is 9.75. The molecule has 0 spiro atoms. The van der Waals surface area contributed by atoms with Crippen molar-refractivity contribution in [2.75, 3.05) is 20.7 Å². The summed E-state index contributed by atoms with van der Waals surface area (Å²) in [6.45, 7) is 11.2. The molecule has 2 amide bonds. The van der Waals surface area contributed by atoms with E-state index in [-0.39, 0.29) is 23.9 Å². The van der Waals surface area contributed by atoms with Crippen LogP contribution in [-0.2, 0) is 14.4 Å². The van der Waals surface area contributed by atoms with Crippen molar-refractivity contribution in [1.82, 2.24) is 15.1 Å². The van der Waals surface area contributed by atoms with Gasteiger partial charge in [-0.15, -0.1) is 0 Å². The molecule has 0 radical (unpaired) electrons. The van der Waals surface area contributed by atoms with Crippen LogP contribution < -0.4 is 0 Å². The average molecular weight is 368 g/mol. The van der Waals surface area contributed by atoms with E-state index < -0.39 is 5.41 Å². The summed E-state index contributed by atoms with van der Waals surface area (Å²) in [5.41, 5.74) is -0.139. The van der Waals surface area contributed by atoms with E-state index in [9.17, 15) is 9.59 Å². The molecule has 6 heteroatoms. The molecule has 150 valence electrons. The van der Waals surface area contributed by atoms with Crippen molar-refractivity contribution < 1.29 is 14.4 Å². The number of likely N-dealkylation sites (N-methyl/N-ethyl adjacent to an activating group) is 1. The Morgan fingerprint density at radius 3 is 2.19 bits per heavy atom. The molecule has 1 atom stereocenters. The Morgan fingerprint density at radius 2 is 1.69 bits per heavy atom. The lowest BCUT2D eigenvalue weighted by Gasteiger charge is -2.47. The van der Waals surface area contributed by atoms with Crippen LogP contribution in [0, 0.1) is 10.8 Å². The summed E-state index contributed by atoms with van der Waals surface area (Å²) in [4.78, 5) is 31.2. The summed E-state index contributed by atoms with van der Waals surface area (Å²) in [5.74, 6) is 0.0369. The summed E-state index contributed by atoms with van der Waals surface area (Å²) in [5, 5.41) is 5.27. The topological polar surface area (TPSA) is 53.1 Å². The lowest BCUT2D eigenvalue weighted by molar-refractivity contribution is -0.188. The van der Waals surface area contributed by atoms with Gasteiger partial charge in [-0.1, -0.05) is 34.6 Å². The zero-order valence-electron chi connectivity index (χ0n) is 17.7. The predicted molar refractivity (Wildman–Crippen MR) is 102 cm³/mol. The van der Waals surface area contributed by atoms with Crippen LogP contribution >= 0.6 is 0 Å². The van der Waals surface area contributed by atoms with Gasteiger partial charge in [-0.05, 0) is 43.9 Å². The number of hydrogen-bond acceptors (Lipinski definition) is 4. The van der Waals surface area contributed by atoms with Crippen LogP contribution in [0.3, 0.4) is 0 Å². The van der Waals surface area contributed by atoms with Crippen LogP contribution in [0.2, 0.25) is 0 Å². The van der Waals surface area contributed by atoms with Gasteiger partial charge in [-0.2, -0.15) is 0 Å². The van der Waals surface area contributed by atoms with Crippen molar-refractivity contribution in [1.29, 1.82) is 0 Å². The first-order valence-electron chi connectivity index (χ1n) is 9.90. The highest BCUT2D eigenvalue weighted by molar-refractivity contribution is 5.84. The number of carbonyl (C=O) groups is 2. The molecule has 1 aliphatic carbocycles. The molecule has 6 nitrogen and oxygen atoms in total. The molecule has 0 aromatic heterocycles. The number of hydrazine groups is 1. The second-order valence-electron chi connectivity index (χ2n) is 9.63. The summed E-state index contributed by atoms with van der Waals surface area (Å²) in [6.07, 6.45) is 5.88. The van der Waals surface area contributed by atoms with Gasteiger partial charge < -0.3 is 0 Å². The minimum absolute atomic E-state index is 0.0761.